The second-order valence-corrected chi connectivity index (χ2v) is 32.7. The predicted octanol–water partition coefficient (Wildman–Crippen LogP) is 13.8. The van der Waals surface area contributed by atoms with Crippen LogP contribution < -0.4 is 36.1 Å². The number of halogens is 1. The van der Waals surface area contributed by atoms with Crippen molar-refractivity contribution in [3.8, 4) is 62.3 Å². The zero-order chi connectivity index (χ0) is 92.8. The minimum Gasteiger partial charge on any atom is -0.484 e. The number of anilines is 1. The monoisotopic (exact) mass is 1820 g/mol. The Bertz CT molecular complexity index is 6650. The molecule has 680 valence electrons. The molecule has 0 aliphatic carbocycles. The number of para-hydroxylation sites is 1. The van der Waals surface area contributed by atoms with Crippen LogP contribution in [0.4, 0.5) is 15.3 Å². The second kappa shape index (κ2) is 43.4. The number of aromatic amines is 4. The first-order valence-electron chi connectivity index (χ1n) is 43.9. The molecule has 0 radical (unpaired) electrons. The lowest BCUT2D eigenvalue weighted by Gasteiger charge is -2.29. The van der Waals surface area contributed by atoms with Crippen molar-refractivity contribution in [1.82, 2.24) is 80.2 Å². The number of benzene rings is 8. The van der Waals surface area contributed by atoms with Crippen molar-refractivity contribution in [2.24, 2.45) is 17.8 Å². The van der Waals surface area contributed by atoms with Gasteiger partial charge in [0.05, 0.1) is 71.7 Å². The number of nitrogens with zero attached hydrogens (tertiary/aromatic N) is 12. The van der Waals surface area contributed by atoms with E-state index in [4.69, 9.17) is 41.3 Å². The first kappa shape index (κ1) is 91.0. The van der Waals surface area contributed by atoms with E-state index < -0.39 is 11.9 Å². The Morgan fingerprint density at radius 1 is 0.455 bits per heavy atom. The van der Waals surface area contributed by atoms with Crippen LogP contribution in [0.25, 0.3) is 45.0 Å². The number of nitrogens with one attached hydrogen (secondary N) is 6. The molecule has 6 aromatic heterocycles. The SMILES string of the molecule is COC(=O)c1cccc(OCC(=O)N2CCc3[nH]nc(-c4ccccc4)c3C2)c1.Cn1cccc(CNC(=O)N2CCc3[nH]nc(-c4ccccc4)c3C2)c1=O.NC(=O)c1ccccc1OCC(=O)N1CCc2[nH]nc(-c3ccccc3)c2C1.O=C(COc1cccc(Cl)c1)N1CCc2[nH]nc(-c3ccccc3)c2C1.O=C(Nc1cccnc1)N1CCC2=C(C1)C(c1ccccc1)=NC2. The van der Waals surface area contributed by atoms with E-state index in [9.17, 15) is 38.4 Å². The van der Waals surface area contributed by atoms with Gasteiger partial charge in [0.2, 0.25) is 0 Å². The molecule has 134 heavy (non-hydrogen) atoms. The number of H-pyrrole nitrogens is 4. The molecule has 0 unspecified atom stereocenters. The third-order valence-corrected chi connectivity index (χ3v) is 23.8. The lowest BCUT2D eigenvalue weighted by molar-refractivity contribution is -0.135. The molecule has 0 atom stereocenters. The number of aryl methyl sites for hydroxylation is 1. The molecule has 6 aliphatic heterocycles. The van der Waals surface area contributed by atoms with Gasteiger partial charge < -0.3 is 64.4 Å². The molecular weight excluding hydrogens is 1720 g/mol. The molecule has 0 saturated carbocycles. The van der Waals surface area contributed by atoms with Gasteiger partial charge in [-0.2, -0.15) is 20.4 Å². The van der Waals surface area contributed by atoms with E-state index in [0.29, 0.717) is 104 Å². The quantitative estimate of drug-likeness (QED) is 0.0370. The van der Waals surface area contributed by atoms with Gasteiger partial charge in [-0.15, -0.1) is 0 Å². The summed E-state index contributed by atoms with van der Waals surface area (Å²) >= 11 is 5.94. The summed E-state index contributed by atoms with van der Waals surface area (Å²) in [5.41, 5.74) is 28.1. The van der Waals surface area contributed by atoms with Gasteiger partial charge in [0, 0.05) is 194 Å². The molecule has 6 aliphatic rings. The van der Waals surface area contributed by atoms with Gasteiger partial charge >= 0.3 is 18.0 Å². The maximum atomic E-state index is 12.7. The highest BCUT2D eigenvalue weighted by Gasteiger charge is 2.33. The van der Waals surface area contributed by atoms with Crippen LogP contribution in [-0.4, -0.2) is 195 Å². The van der Waals surface area contributed by atoms with Crippen LogP contribution >= 0.6 is 11.6 Å². The summed E-state index contributed by atoms with van der Waals surface area (Å²) in [6.07, 6.45) is 8.85. The number of pyridine rings is 2. The number of carbonyl (C=O) groups excluding carboxylic acids is 7. The summed E-state index contributed by atoms with van der Waals surface area (Å²) in [7, 11) is 3.02. The van der Waals surface area contributed by atoms with Crippen LogP contribution in [0.1, 0.15) is 83.3 Å². The number of ether oxygens (including phenoxy) is 4. The number of methoxy groups -OCH3 is 1. The maximum absolute atomic E-state index is 12.7. The number of aliphatic imine (C=N–C) groups is 1. The highest BCUT2D eigenvalue weighted by atomic mass is 35.5. The minimum absolute atomic E-state index is 0.00576. The average Bonchev–Trinajstić information content (AvgIpc) is 1.66. The summed E-state index contributed by atoms with van der Waals surface area (Å²) in [5, 5.41) is 36.6. The Morgan fingerprint density at radius 2 is 0.896 bits per heavy atom. The Hall–Kier alpha value is -16.3. The molecule has 12 heterocycles. The maximum Gasteiger partial charge on any atom is 0.337 e. The molecular formula is C102H98ClN19O12. The second-order valence-electron chi connectivity index (χ2n) is 32.2. The van der Waals surface area contributed by atoms with E-state index in [1.807, 2.05) is 161 Å². The van der Waals surface area contributed by atoms with Crippen LogP contribution in [0.3, 0.4) is 0 Å². The fraction of sp³-hybridized carbons (Fsp3) is 0.216. The summed E-state index contributed by atoms with van der Waals surface area (Å²) < 4.78 is 23.0. The Labute approximate surface area is 777 Å². The number of urea groups is 2. The standard InChI is InChI=1S/C22H21N3O4.C21H20N4O3.C20H18ClN3O2.C20H21N5O2.C19H18N4O/c1-28-22(27)16-8-5-9-17(12-16)29-14-20(26)25-11-10-19-18(13-25)21(24-23-19)15-6-3-2-4-7-15;22-21(27)15-8-4-5-9-18(15)28-13-19(26)25-11-10-17-16(12-25)20(24-23-17)14-6-2-1-3-7-14;21-15-7-4-8-16(11-15)26-13-19(25)24-10-9-18-17(12-24)20(23-22-18)14-5-2-1-3-6-14;1-24-10-5-8-15(19(24)26)12-21-20(27)25-11-9-17-16(13-25)18(23-22-17)14-6-3-2-4-7-14;24-19(22-16-7-4-9-20-12-16)23-10-8-15-11-21-18(17(15)13-23)14-5-2-1-3-6-14/h2-9,12H,10-11,13-14H2,1H3,(H,23,24);1-9H,10-13H2,(H2,22,27)(H,23,24);1-8,11H,9-10,12-13H2,(H,22,23);2-8,10H,9,11-13H2,1H3,(H,21,27)(H,22,23);1-7,9,12H,8,10-11,13H2,(H,22,24). The van der Waals surface area contributed by atoms with E-state index in [2.05, 4.69) is 68.5 Å². The van der Waals surface area contributed by atoms with Crippen molar-refractivity contribution < 1.29 is 52.5 Å². The first-order chi connectivity index (χ1) is 65.4. The van der Waals surface area contributed by atoms with Gasteiger partial charge in [-0.05, 0) is 84.3 Å². The van der Waals surface area contributed by atoms with Crippen molar-refractivity contribution in [2.45, 2.75) is 64.8 Å². The third-order valence-electron chi connectivity index (χ3n) is 23.6. The topological polar surface area (TPSA) is 385 Å². The number of aromatic nitrogens is 10. The molecule has 8 N–H and O–H groups in total. The molecule has 32 heteroatoms. The molecule has 0 fully saturated rings. The molecule has 0 spiro atoms. The number of fused-ring (bicyclic) bond motifs is 4. The zero-order valence-electron chi connectivity index (χ0n) is 73.8. The Morgan fingerprint density at radius 3 is 1.37 bits per heavy atom. The van der Waals surface area contributed by atoms with Crippen LogP contribution in [0.15, 0.2) is 288 Å². The van der Waals surface area contributed by atoms with Crippen molar-refractivity contribution in [1.29, 1.82) is 0 Å². The van der Waals surface area contributed by atoms with E-state index >= 15 is 0 Å². The van der Waals surface area contributed by atoms with Crippen LogP contribution in [0.5, 0.6) is 17.2 Å². The molecule has 8 aromatic carbocycles. The highest BCUT2D eigenvalue weighted by molar-refractivity contribution is 6.30. The molecule has 20 rings (SSSR count). The van der Waals surface area contributed by atoms with E-state index in [1.54, 1.807) is 125 Å². The lowest BCUT2D eigenvalue weighted by Crippen LogP contribution is -2.43. The van der Waals surface area contributed by atoms with Gasteiger partial charge in [0.15, 0.2) is 19.8 Å². The van der Waals surface area contributed by atoms with Crippen LogP contribution in [0, 0.1) is 0 Å². The van der Waals surface area contributed by atoms with Crippen LogP contribution in [0.2, 0.25) is 5.02 Å². The number of rotatable bonds is 19. The number of esters is 1. The summed E-state index contributed by atoms with van der Waals surface area (Å²) in [6.45, 7) is 6.49. The van der Waals surface area contributed by atoms with Gasteiger partial charge in [-0.25, -0.2) is 14.4 Å². The summed E-state index contributed by atoms with van der Waals surface area (Å²) in [5.74, 6) is 0.0222. The minimum atomic E-state index is -0.587. The molecule has 14 aromatic rings. The number of carbonyl (C=O) groups is 7. The van der Waals surface area contributed by atoms with Gasteiger partial charge in [0.1, 0.15) is 17.2 Å². The lowest BCUT2D eigenvalue weighted by atomic mass is 9.95. The van der Waals surface area contributed by atoms with Crippen molar-refractivity contribution in [3.63, 3.8) is 0 Å². The summed E-state index contributed by atoms with van der Waals surface area (Å²) in [6, 6.07) is 77.2. The van der Waals surface area contributed by atoms with Crippen molar-refractivity contribution >= 4 is 64.7 Å². The fourth-order valence-electron chi connectivity index (χ4n) is 16.5. The number of amides is 8. The van der Waals surface area contributed by atoms with Gasteiger partial charge in [-0.1, -0.05) is 194 Å². The first-order valence-corrected chi connectivity index (χ1v) is 44.3. The molecule has 0 saturated heterocycles. The normalized spacial score (nSPS) is 13.8. The molecule has 8 amide bonds. The average molecular weight is 1820 g/mol. The number of primary amides is 1. The summed E-state index contributed by atoms with van der Waals surface area (Å²) in [4.78, 5) is 116. The smallest absolute Gasteiger partial charge is 0.337 e. The third kappa shape index (κ3) is 22.4. The fourth-order valence-corrected chi connectivity index (χ4v) is 16.6. The molecule has 31 nitrogen and oxygen atoms in total. The predicted molar refractivity (Wildman–Crippen MR) is 506 cm³/mol. The zero-order valence-corrected chi connectivity index (χ0v) is 74.5. The van der Waals surface area contributed by atoms with Crippen LogP contribution in [-0.2, 0) is 84.6 Å². The number of hydrogen-bond acceptors (Lipinski definition) is 18. The highest BCUT2D eigenvalue weighted by Crippen LogP contribution is 2.35. The van der Waals surface area contributed by atoms with E-state index in [-0.39, 0.29) is 67.3 Å². The largest absolute Gasteiger partial charge is 0.484 e. The Balaban J connectivity index is 0.000000122. The van der Waals surface area contributed by atoms with Gasteiger partial charge in [0.25, 0.3) is 29.2 Å². The van der Waals surface area contributed by atoms with Gasteiger partial charge in [-0.3, -0.25) is 54.3 Å². The van der Waals surface area contributed by atoms with E-state index in [1.165, 1.54) is 22.8 Å². The number of hydrogen-bond donors (Lipinski definition) is 7. The molecule has 0 bridgehead atoms. The Kier molecular flexibility index (Phi) is 29.5. The van der Waals surface area contributed by atoms with E-state index in [0.717, 1.165) is 140 Å². The number of nitrogens with two attached hydrogens (primary N) is 1. The van der Waals surface area contributed by atoms with Crippen molar-refractivity contribution in [3.05, 3.63) is 361 Å². The van der Waals surface area contributed by atoms with Crippen molar-refractivity contribution in [2.75, 3.05) is 78.1 Å².